The van der Waals surface area contributed by atoms with Gasteiger partial charge in [-0.2, -0.15) is 0 Å². The molecule has 0 aliphatic heterocycles. The van der Waals surface area contributed by atoms with Crippen molar-refractivity contribution in [1.82, 2.24) is 4.98 Å². The predicted molar refractivity (Wildman–Crippen MR) is 114 cm³/mol. The molecule has 30 heavy (non-hydrogen) atoms. The molecule has 1 aromatic carbocycles. The first kappa shape index (κ1) is 19.6. The molecular formula is C24H25ClN2O3. The summed E-state index contributed by atoms with van der Waals surface area (Å²) in [4.78, 5) is 29.5. The predicted octanol–water partition coefficient (Wildman–Crippen LogP) is 4.75. The zero-order chi connectivity index (χ0) is 20.8. The van der Waals surface area contributed by atoms with Crippen molar-refractivity contribution in [3.05, 3.63) is 59.4 Å². The lowest BCUT2D eigenvalue weighted by Gasteiger charge is -2.61. The van der Waals surface area contributed by atoms with Gasteiger partial charge in [-0.15, -0.1) is 0 Å². The van der Waals surface area contributed by atoms with Gasteiger partial charge >= 0.3 is 5.97 Å². The third-order valence-corrected chi connectivity index (χ3v) is 7.55. The molecule has 0 radical (unpaired) electrons. The maximum atomic E-state index is 13.3. The number of benzene rings is 1. The Bertz CT molecular complexity index is 963. The number of anilines is 1. The van der Waals surface area contributed by atoms with Crippen molar-refractivity contribution in [3.63, 3.8) is 0 Å². The van der Waals surface area contributed by atoms with E-state index in [1.807, 2.05) is 6.07 Å². The van der Waals surface area contributed by atoms with Crippen LogP contribution in [0.25, 0.3) is 0 Å². The van der Waals surface area contributed by atoms with E-state index in [0.717, 1.165) is 32.1 Å². The molecule has 1 amide bonds. The Hall–Kier alpha value is -2.40. The second-order valence-electron chi connectivity index (χ2n) is 9.35. The topological polar surface area (TPSA) is 68.3 Å². The Balaban J connectivity index is 1.30. The number of hydrogen-bond acceptors (Lipinski definition) is 4. The van der Waals surface area contributed by atoms with Crippen molar-refractivity contribution in [1.29, 1.82) is 0 Å². The lowest BCUT2D eigenvalue weighted by molar-refractivity contribution is -0.175. The van der Waals surface area contributed by atoms with Crippen LogP contribution >= 0.6 is 11.6 Å². The summed E-state index contributed by atoms with van der Waals surface area (Å²) in [5.74, 6) is 0.495. The number of nitrogens with zero attached hydrogens (tertiary/aromatic N) is 1. The number of ether oxygens (including phenoxy) is 1. The largest absolute Gasteiger partial charge is 0.455 e. The number of nitrogens with one attached hydrogen (secondary N) is 1. The molecule has 5 nitrogen and oxygen atoms in total. The van der Waals surface area contributed by atoms with Gasteiger partial charge in [-0.25, -0.2) is 4.98 Å². The van der Waals surface area contributed by atoms with Crippen molar-refractivity contribution in [3.8, 4) is 0 Å². The van der Waals surface area contributed by atoms with Crippen LogP contribution in [0.15, 0.2) is 48.7 Å². The van der Waals surface area contributed by atoms with Gasteiger partial charge in [0.25, 0.3) is 5.91 Å². The van der Waals surface area contributed by atoms with E-state index in [0.29, 0.717) is 17.5 Å². The molecule has 1 N–H and O–H groups in total. The van der Waals surface area contributed by atoms with Gasteiger partial charge in [0, 0.05) is 6.20 Å². The summed E-state index contributed by atoms with van der Waals surface area (Å²) in [7, 11) is 0. The van der Waals surface area contributed by atoms with Crippen molar-refractivity contribution < 1.29 is 14.3 Å². The molecule has 4 bridgehead atoms. The van der Waals surface area contributed by atoms with E-state index in [4.69, 9.17) is 16.3 Å². The molecule has 1 heterocycles. The molecule has 2 unspecified atom stereocenters. The van der Waals surface area contributed by atoms with Crippen molar-refractivity contribution >= 4 is 29.2 Å². The molecular weight excluding hydrogens is 400 g/mol. The van der Waals surface area contributed by atoms with Crippen LogP contribution in [0.4, 0.5) is 5.69 Å². The van der Waals surface area contributed by atoms with Crippen molar-refractivity contribution in [2.45, 2.75) is 43.9 Å². The van der Waals surface area contributed by atoms with Gasteiger partial charge in [0.1, 0.15) is 0 Å². The quantitative estimate of drug-likeness (QED) is 0.555. The molecule has 0 spiro atoms. The van der Waals surface area contributed by atoms with Gasteiger partial charge in [0.15, 0.2) is 11.8 Å². The van der Waals surface area contributed by atoms with E-state index in [-0.39, 0.29) is 23.1 Å². The van der Waals surface area contributed by atoms with E-state index in [9.17, 15) is 9.59 Å². The average Bonchev–Trinajstić information content (AvgIpc) is 2.73. The number of carbonyl (C=O) groups is 2. The number of carbonyl (C=O) groups excluding carboxylic acids is 2. The number of aromatic nitrogens is 1. The van der Waals surface area contributed by atoms with Crippen LogP contribution in [0.2, 0.25) is 5.15 Å². The van der Waals surface area contributed by atoms with E-state index >= 15 is 0 Å². The van der Waals surface area contributed by atoms with Crippen LogP contribution in [0.1, 0.15) is 44.1 Å². The monoisotopic (exact) mass is 424 g/mol. The molecule has 156 valence electrons. The first-order valence-corrected chi connectivity index (χ1v) is 11.0. The molecule has 2 aromatic rings. The van der Waals surface area contributed by atoms with E-state index in [2.05, 4.69) is 34.6 Å². The summed E-state index contributed by atoms with van der Waals surface area (Å²) in [6.45, 7) is -0.306. The maximum absolute atomic E-state index is 13.3. The van der Waals surface area contributed by atoms with Gasteiger partial charge in [-0.3, -0.25) is 9.59 Å². The SMILES string of the molecule is O=C(COC(=O)C12C[C@H]3C[C@@H](C1)CC(c1ccccc1)(C3)C2)Nc1cccnc1Cl. The van der Waals surface area contributed by atoms with Gasteiger partial charge in [-0.1, -0.05) is 41.9 Å². The highest BCUT2D eigenvalue weighted by molar-refractivity contribution is 6.32. The highest BCUT2D eigenvalue weighted by Crippen LogP contribution is 2.66. The third kappa shape index (κ3) is 3.39. The lowest BCUT2D eigenvalue weighted by Crippen LogP contribution is -2.57. The number of rotatable bonds is 5. The van der Waals surface area contributed by atoms with Gasteiger partial charge in [0.05, 0.1) is 11.1 Å². The van der Waals surface area contributed by atoms with Gasteiger partial charge in [-0.05, 0) is 73.5 Å². The maximum Gasteiger partial charge on any atom is 0.312 e. The Morgan fingerprint density at radius 2 is 1.80 bits per heavy atom. The van der Waals surface area contributed by atoms with E-state index in [1.54, 1.807) is 18.3 Å². The minimum atomic E-state index is -0.466. The molecule has 4 fully saturated rings. The van der Waals surface area contributed by atoms with E-state index < -0.39 is 11.3 Å². The molecule has 6 rings (SSSR count). The third-order valence-electron chi connectivity index (χ3n) is 7.25. The molecule has 1 aromatic heterocycles. The van der Waals surface area contributed by atoms with Crippen LogP contribution in [-0.2, 0) is 19.7 Å². The molecule has 4 aliphatic rings. The summed E-state index contributed by atoms with van der Waals surface area (Å²) >= 11 is 5.98. The van der Waals surface area contributed by atoms with E-state index in [1.165, 1.54) is 12.0 Å². The fourth-order valence-electron chi connectivity index (χ4n) is 6.58. The zero-order valence-electron chi connectivity index (χ0n) is 16.8. The van der Waals surface area contributed by atoms with Crippen molar-refractivity contribution in [2.24, 2.45) is 17.3 Å². The van der Waals surface area contributed by atoms with Gasteiger partial charge < -0.3 is 10.1 Å². The smallest absolute Gasteiger partial charge is 0.312 e. The Morgan fingerprint density at radius 3 is 2.50 bits per heavy atom. The molecule has 4 saturated carbocycles. The standard InChI is InChI=1S/C24H25ClN2O3/c25-21-19(7-4-8-26-21)27-20(28)14-30-22(29)24-12-16-9-17(13-24)11-23(10-16,15-24)18-5-2-1-3-6-18/h1-8,16-17H,9-15H2,(H,27,28)/t16-,17+,23?,24?. The average molecular weight is 425 g/mol. The van der Waals surface area contributed by atoms with Crippen molar-refractivity contribution in [2.75, 3.05) is 11.9 Å². The first-order valence-electron chi connectivity index (χ1n) is 10.6. The molecule has 4 atom stereocenters. The summed E-state index contributed by atoms with van der Waals surface area (Å²) in [5.41, 5.74) is 1.36. The molecule has 4 aliphatic carbocycles. The lowest BCUT2D eigenvalue weighted by atomic mass is 9.43. The fraction of sp³-hybridized carbons (Fsp3) is 0.458. The summed E-state index contributed by atoms with van der Waals surface area (Å²) in [6.07, 6.45) is 7.66. The second kappa shape index (κ2) is 7.38. The zero-order valence-corrected chi connectivity index (χ0v) is 17.5. The summed E-state index contributed by atoms with van der Waals surface area (Å²) < 4.78 is 5.57. The van der Waals surface area contributed by atoms with Crippen LogP contribution in [0.3, 0.4) is 0 Å². The molecule has 6 heteroatoms. The number of amides is 1. The normalized spacial score (nSPS) is 31.4. The highest BCUT2D eigenvalue weighted by Gasteiger charge is 2.61. The Labute approximate surface area is 181 Å². The van der Waals surface area contributed by atoms with Crippen LogP contribution in [0.5, 0.6) is 0 Å². The molecule has 0 saturated heterocycles. The van der Waals surface area contributed by atoms with Crippen LogP contribution in [-0.4, -0.2) is 23.5 Å². The number of pyridine rings is 1. The minimum absolute atomic E-state index is 0.0653. The van der Waals surface area contributed by atoms with Gasteiger partial charge in [0.2, 0.25) is 0 Å². The fourth-order valence-corrected chi connectivity index (χ4v) is 6.75. The van der Waals surface area contributed by atoms with Crippen LogP contribution < -0.4 is 5.32 Å². The summed E-state index contributed by atoms with van der Waals surface area (Å²) in [5, 5.41) is 2.87. The highest BCUT2D eigenvalue weighted by atomic mass is 35.5. The Kier molecular flexibility index (Phi) is 4.81. The Morgan fingerprint density at radius 1 is 1.07 bits per heavy atom. The minimum Gasteiger partial charge on any atom is -0.455 e. The second-order valence-corrected chi connectivity index (χ2v) is 9.71. The summed E-state index contributed by atoms with van der Waals surface area (Å²) in [6, 6.07) is 14.0. The number of halogens is 1. The number of esters is 1. The number of hydrogen-bond donors (Lipinski definition) is 1. The first-order chi connectivity index (χ1) is 14.5. The van der Waals surface area contributed by atoms with Crippen LogP contribution in [0, 0.1) is 17.3 Å².